The van der Waals surface area contributed by atoms with Crippen LogP contribution in [0.5, 0.6) is 0 Å². The van der Waals surface area contributed by atoms with Crippen LogP contribution in [0.2, 0.25) is 0 Å². The average molecular weight is 421 g/mol. The lowest BCUT2D eigenvalue weighted by Gasteiger charge is -2.33. The Kier molecular flexibility index (Phi) is 6.18. The summed E-state index contributed by atoms with van der Waals surface area (Å²) in [5, 5.41) is 0.945. The third-order valence-electron chi connectivity index (χ3n) is 5.56. The number of amides is 1. The van der Waals surface area contributed by atoms with Crippen molar-refractivity contribution in [2.45, 2.75) is 24.0 Å². The van der Waals surface area contributed by atoms with Crippen molar-refractivity contribution < 1.29 is 19.2 Å². The maximum Gasteiger partial charge on any atom is 0.320 e. The number of nitrogens with one attached hydrogen (secondary N) is 1. The van der Waals surface area contributed by atoms with E-state index in [0.717, 1.165) is 37.2 Å². The first-order valence-corrected chi connectivity index (χ1v) is 11.7. The lowest BCUT2D eigenvalue weighted by atomic mass is 9.98. The summed E-state index contributed by atoms with van der Waals surface area (Å²) in [6, 6.07) is 8.28. The molecule has 8 heteroatoms. The van der Waals surface area contributed by atoms with Crippen LogP contribution in [0.25, 0.3) is 10.2 Å². The summed E-state index contributed by atoms with van der Waals surface area (Å²) in [6.07, 6.45) is 2.26. The van der Waals surface area contributed by atoms with E-state index in [1.54, 1.807) is 23.1 Å². The SMILES string of the molecule is COC(=O)[C@@H]1CN(C(=O)C[NH+]2CCC[C@H](c3nc4ccccc4s3)C2)CCS1. The molecule has 3 atom stereocenters. The van der Waals surface area contributed by atoms with Gasteiger partial charge >= 0.3 is 5.97 Å². The predicted molar refractivity (Wildman–Crippen MR) is 112 cm³/mol. The normalized spacial score (nSPS) is 25.6. The van der Waals surface area contributed by atoms with E-state index in [0.29, 0.717) is 25.6 Å². The summed E-state index contributed by atoms with van der Waals surface area (Å²) in [6.45, 7) is 3.65. The number of aromatic nitrogens is 1. The number of hydrogen-bond donors (Lipinski definition) is 1. The number of piperidine rings is 1. The zero-order valence-electron chi connectivity index (χ0n) is 16.1. The lowest BCUT2D eigenvalue weighted by Crippen LogP contribution is -3.14. The molecule has 1 unspecified atom stereocenters. The van der Waals surface area contributed by atoms with E-state index in [2.05, 4.69) is 18.2 Å². The van der Waals surface area contributed by atoms with Crippen LogP contribution in [0.1, 0.15) is 23.8 Å². The fraction of sp³-hybridized carbons (Fsp3) is 0.550. The first kappa shape index (κ1) is 19.7. The molecule has 2 aromatic rings. The standard InChI is InChI=1S/C20H25N3O3S2/c1-26-20(25)17-12-23(9-10-27-17)18(24)13-22-8-4-5-14(11-22)19-21-15-6-2-3-7-16(15)28-19/h2-3,6-7,14,17H,4-5,8-13H2,1H3/p+1/t14-,17-/m0/s1. The molecule has 2 aliphatic rings. The highest BCUT2D eigenvalue weighted by atomic mass is 32.2. The molecule has 0 radical (unpaired) electrons. The van der Waals surface area contributed by atoms with Crippen LogP contribution in [-0.2, 0) is 14.3 Å². The minimum Gasteiger partial charge on any atom is -0.468 e. The van der Waals surface area contributed by atoms with Gasteiger partial charge in [-0.2, -0.15) is 0 Å². The highest BCUT2D eigenvalue weighted by Crippen LogP contribution is 2.30. The molecule has 1 aromatic heterocycles. The number of thioether (sulfide) groups is 1. The minimum atomic E-state index is -0.255. The molecular formula is C20H26N3O3S2+. The number of thiazole rings is 1. The van der Waals surface area contributed by atoms with Crippen LogP contribution in [0, 0.1) is 0 Å². The Hall–Kier alpha value is -1.64. The van der Waals surface area contributed by atoms with Gasteiger partial charge in [0.25, 0.3) is 5.91 Å². The van der Waals surface area contributed by atoms with Crippen molar-refractivity contribution in [1.29, 1.82) is 0 Å². The van der Waals surface area contributed by atoms with Gasteiger partial charge < -0.3 is 14.5 Å². The molecule has 2 fully saturated rings. The molecule has 0 aliphatic carbocycles. The Bertz CT molecular complexity index is 823. The predicted octanol–water partition coefficient (Wildman–Crippen LogP) is 1.18. The van der Waals surface area contributed by atoms with Crippen LogP contribution in [0.4, 0.5) is 0 Å². The third kappa shape index (κ3) is 4.34. The number of esters is 1. The monoisotopic (exact) mass is 420 g/mol. The van der Waals surface area contributed by atoms with Gasteiger partial charge in [0.05, 0.1) is 36.3 Å². The quantitative estimate of drug-likeness (QED) is 0.753. The maximum absolute atomic E-state index is 12.8. The molecule has 0 bridgehead atoms. The number of methoxy groups -OCH3 is 1. The number of nitrogens with zero attached hydrogens (tertiary/aromatic N) is 2. The zero-order valence-corrected chi connectivity index (χ0v) is 17.7. The highest BCUT2D eigenvalue weighted by Gasteiger charge is 2.33. The molecule has 4 rings (SSSR count). The number of para-hydroxylation sites is 1. The number of carbonyl (C=O) groups is 2. The molecule has 150 valence electrons. The molecule has 0 saturated carbocycles. The molecule has 1 N–H and O–H groups in total. The van der Waals surface area contributed by atoms with Gasteiger partial charge in [0.2, 0.25) is 0 Å². The summed E-state index contributed by atoms with van der Waals surface area (Å²) in [4.78, 5) is 32.6. The molecule has 6 nitrogen and oxygen atoms in total. The smallest absolute Gasteiger partial charge is 0.320 e. The largest absolute Gasteiger partial charge is 0.468 e. The second-order valence-electron chi connectivity index (χ2n) is 7.46. The van der Waals surface area contributed by atoms with Crippen LogP contribution in [0.15, 0.2) is 24.3 Å². The second kappa shape index (κ2) is 8.80. The van der Waals surface area contributed by atoms with E-state index in [4.69, 9.17) is 9.72 Å². The average Bonchev–Trinajstić information content (AvgIpc) is 3.18. The number of fused-ring (bicyclic) bond motifs is 1. The van der Waals surface area contributed by atoms with Crippen LogP contribution in [-0.4, -0.2) is 72.6 Å². The Morgan fingerprint density at radius 3 is 3.04 bits per heavy atom. The number of likely N-dealkylation sites (tertiary alicyclic amines) is 1. The zero-order chi connectivity index (χ0) is 19.5. The van der Waals surface area contributed by atoms with Gasteiger partial charge in [-0.25, -0.2) is 4.98 Å². The third-order valence-corrected chi connectivity index (χ3v) is 7.92. The van der Waals surface area contributed by atoms with E-state index in [9.17, 15) is 9.59 Å². The van der Waals surface area contributed by atoms with Crippen LogP contribution >= 0.6 is 23.1 Å². The summed E-state index contributed by atoms with van der Waals surface area (Å²) in [5.74, 6) is 1.13. The Morgan fingerprint density at radius 2 is 2.21 bits per heavy atom. The first-order valence-electron chi connectivity index (χ1n) is 9.80. The van der Waals surface area contributed by atoms with Crippen LogP contribution in [0.3, 0.4) is 0 Å². The second-order valence-corrected chi connectivity index (χ2v) is 9.84. The van der Waals surface area contributed by atoms with Crippen molar-refractivity contribution in [1.82, 2.24) is 9.88 Å². The summed E-state index contributed by atoms with van der Waals surface area (Å²) in [5.41, 5.74) is 1.07. The molecule has 3 heterocycles. The van der Waals surface area contributed by atoms with Crippen molar-refractivity contribution in [2.24, 2.45) is 0 Å². The number of hydrogen-bond acceptors (Lipinski definition) is 6. The molecule has 1 aromatic carbocycles. The van der Waals surface area contributed by atoms with Crippen molar-refractivity contribution in [3.63, 3.8) is 0 Å². The molecule has 2 aliphatic heterocycles. The molecular weight excluding hydrogens is 394 g/mol. The molecule has 2 saturated heterocycles. The van der Waals surface area contributed by atoms with E-state index < -0.39 is 0 Å². The number of carbonyl (C=O) groups excluding carboxylic acids is 2. The summed E-state index contributed by atoms with van der Waals surface area (Å²) < 4.78 is 6.08. The van der Waals surface area contributed by atoms with Gasteiger partial charge in [0.15, 0.2) is 6.54 Å². The fourth-order valence-corrected chi connectivity index (χ4v) is 6.29. The number of rotatable bonds is 4. The topological polar surface area (TPSA) is 63.9 Å². The van der Waals surface area contributed by atoms with E-state index >= 15 is 0 Å². The molecule has 28 heavy (non-hydrogen) atoms. The van der Waals surface area contributed by atoms with Crippen molar-refractivity contribution >= 4 is 45.2 Å². The number of benzene rings is 1. The first-order chi connectivity index (χ1) is 13.6. The highest BCUT2D eigenvalue weighted by molar-refractivity contribution is 8.00. The maximum atomic E-state index is 12.8. The lowest BCUT2D eigenvalue weighted by molar-refractivity contribution is -0.898. The van der Waals surface area contributed by atoms with Gasteiger partial charge in [-0.15, -0.1) is 23.1 Å². The number of quaternary nitrogens is 1. The summed E-state index contributed by atoms with van der Waals surface area (Å²) >= 11 is 3.37. The van der Waals surface area contributed by atoms with E-state index in [1.807, 2.05) is 11.0 Å². The van der Waals surface area contributed by atoms with E-state index in [-0.39, 0.29) is 17.1 Å². The summed E-state index contributed by atoms with van der Waals surface area (Å²) in [7, 11) is 1.41. The van der Waals surface area contributed by atoms with Gasteiger partial charge in [0, 0.05) is 18.8 Å². The molecule has 0 spiro atoms. The fourth-order valence-electron chi connectivity index (χ4n) is 4.06. The minimum absolute atomic E-state index is 0.147. The van der Waals surface area contributed by atoms with Gasteiger partial charge in [-0.3, -0.25) is 9.59 Å². The Morgan fingerprint density at radius 1 is 1.36 bits per heavy atom. The Balaban J connectivity index is 1.36. The Labute approximate surface area is 173 Å². The van der Waals surface area contributed by atoms with Crippen molar-refractivity contribution in [2.75, 3.05) is 45.6 Å². The number of ether oxygens (including phenoxy) is 1. The van der Waals surface area contributed by atoms with Gasteiger partial charge in [-0.05, 0) is 25.0 Å². The van der Waals surface area contributed by atoms with Gasteiger partial charge in [-0.1, -0.05) is 12.1 Å². The van der Waals surface area contributed by atoms with Gasteiger partial charge in [0.1, 0.15) is 10.3 Å². The molecule has 1 amide bonds. The van der Waals surface area contributed by atoms with Crippen molar-refractivity contribution in [3.05, 3.63) is 29.3 Å². The van der Waals surface area contributed by atoms with E-state index in [1.165, 1.54) is 21.7 Å². The van der Waals surface area contributed by atoms with Crippen molar-refractivity contribution in [3.8, 4) is 0 Å². The van der Waals surface area contributed by atoms with Crippen LogP contribution < -0.4 is 4.90 Å².